The Balaban J connectivity index is 1.55. The Hall–Kier alpha value is -1.89. The molecule has 0 aromatic heterocycles. The summed E-state index contributed by atoms with van der Waals surface area (Å²) >= 11 is 0. The van der Waals surface area contributed by atoms with Crippen molar-refractivity contribution in [2.24, 2.45) is 16.7 Å². The van der Waals surface area contributed by atoms with E-state index in [9.17, 15) is 18.0 Å². The predicted molar refractivity (Wildman–Crippen MR) is 109 cm³/mol. The molecule has 1 heterocycles. The van der Waals surface area contributed by atoms with Crippen LogP contribution in [0.15, 0.2) is 18.2 Å². The first-order valence-corrected chi connectivity index (χ1v) is 11.7. The number of benzene rings is 1. The molecule has 2 atom stereocenters. The first-order chi connectivity index (χ1) is 13.1. The third-order valence-electron chi connectivity index (χ3n) is 7.41. The lowest BCUT2D eigenvalue weighted by Gasteiger charge is -2.36. The Morgan fingerprint density at radius 2 is 2.00 bits per heavy atom. The standard InChI is InChI=1S/C21H28N2O4S/c1-14-11-16(6-7-17(14)23-10-4-5-19(23)25)22-28(26,27)13-21-9-8-15(12-18(21)24)20(21,2)3/h6-7,11,15,22H,4-5,8-10,12-13H2,1-3H3/t15-,21+/m0/s1. The summed E-state index contributed by atoms with van der Waals surface area (Å²) in [6.45, 7) is 6.66. The molecule has 2 saturated carbocycles. The minimum Gasteiger partial charge on any atom is -0.312 e. The molecule has 2 bridgehead atoms. The van der Waals surface area contributed by atoms with E-state index in [0.29, 0.717) is 31.5 Å². The Kier molecular flexibility index (Phi) is 4.38. The van der Waals surface area contributed by atoms with E-state index in [4.69, 9.17) is 0 Å². The van der Waals surface area contributed by atoms with E-state index in [-0.39, 0.29) is 28.8 Å². The predicted octanol–water partition coefficient (Wildman–Crippen LogP) is 3.26. The average Bonchev–Trinajstić information content (AvgIpc) is 3.16. The van der Waals surface area contributed by atoms with Gasteiger partial charge in [0.15, 0.2) is 0 Å². The number of hydrogen-bond acceptors (Lipinski definition) is 4. The summed E-state index contributed by atoms with van der Waals surface area (Å²) < 4.78 is 28.6. The monoisotopic (exact) mass is 404 g/mol. The number of anilines is 2. The molecular formula is C21H28N2O4S. The number of sulfonamides is 1. The number of fused-ring (bicyclic) bond motifs is 2. The molecule has 6 nitrogen and oxygen atoms in total. The number of aryl methyl sites for hydroxylation is 1. The maximum Gasteiger partial charge on any atom is 0.233 e. The van der Waals surface area contributed by atoms with Crippen LogP contribution < -0.4 is 9.62 Å². The molecule has 4 rings (SSSR count). The molecule has 0 radical (unpaired) electrons. The van der Waals surface area contributed by atoms with Crippen molar-refractivity contribution in [3.8, 4) is 0 Å². The van der Waals surface area contributed by atoms with Gasteiger partial charge >= 0.3 is 0 Å². The second-order valence-corrected chi connectivity index (χ2v) is 10.9. The number of rotatable bonds is 5. The van der Waals surface area contributed by atoms with Gasteiger partial charge in [-0.3, -0.25) is 14.3 Å². The van der Waals surface area contributed by atoms with Crippen LogP contribution >= 0.6 is 0 Å². The number of nitrogens with one attached hydrogen (secondary N) is 1. The minimum atomic E-state index is -3.68. The highest BCUT2D eigenvalue weighted by molar-refractivity contribution is 7.92. The molecule has 7 heteroatoms. The van der Waals surface area contributed by atoms with Crippen molar-refractivity contribution in [1.82, 2.24) is 0 Å². The molecule has 0 unspecified atom stereocenters. The highest BCUT2D eigenvalue weighted by Gasteiger charge is 2.65. The maximum atomic E-state index is 12.9. The van der Waals surface area contributed by atoms with Crippen molar-refractivity contribution in [2.45, 2.75) is 52.9 Å². The van der Waals surface area contributed by atoms with Crippen LogP contribution in [0.1, 0.15) is 51.5 Å². The molecule has 1 N–H and O–H groups in total. The van der Waals surface area contributed by atoms with Crippen molar-refractivity contribution in [1.29, 1.82) is 0 Å². The largest absolute Gasteiger partial charge is 0.312 e. The molecule has 0 spiro atoms. The Morgan fingerprint density at radius 3 is 2.54 bits per heavy atom. The Morgan fingerprint density at radius 1 is 1.25 bits per heavy atom. The highest BCUT2D eigenvalue weighted by Crippen LogP contribution is 2.64. The fraction of sp³-hybridized carbons (Fsp3) is 0.619. The van der Waals surface area contributed by atoms with Crippen LogP contribution in [0.25, 0.3) is 0 Å². The van der Waals surface area contributed by atoms with Gasteiger partial charge in [-0.05, 0) is 61.3 Å². The first-order valence-electron chi connectivity index (χ1n) is 10.0. The molecule has 1 aromatic rings. The van der Waals surface area contributed by atoms with Crippen molar-refractivity contribution >= 4 is 33.1 Å². The van der Waals surface area contributed by atoms with Crippen LogP contribution in [0.2, 0.25) is 0 Å². The minimum absolute atomic E-state index is 0.0956. The number of ketones is 1. The third kappa shape index (κ3) is 2.86. The second-order valence-electron chi connectivity index (χ2n) is 9.18. The van der Waals surface area contributed by atoms with Crippen molar-refractivity contribution < 1.29 is 18.0 Å². The van der Waals surface area contributed by atoms with E-state index in [1.807, 2.05) is 20.8 Å². The van der Waals surface area contributed by atoms with Crippen LogP contribution in [0.5, 0.6) is 0 Å². The summed E-state index contributed by atoms with van der Waals surface area (Å²) in [7, 11) is -3.68. The summed E-state index contributed by atoms with van der Waals surface area (Å²) in [5.41, 5.74) is 1.10. The zero-order chi connectivity index (χ0) is 20.3. The number of hydrogen-bond donors (Lipinski definition) is 1. The van der Waals surface area contributed by atoms with E-state index >= 15 is 0 Å². The average molecular weight is 405 g/mol. The van der Waals surface area contributed by atoms with Crippen LogP contribution in [-0.2, 0) is 19.6 Å². The molecule has 152 valence electrons. The van der Waals surface area contributed by atoms with Crippen molar-refractivity contribution in [3.63, 3.8) is 0 Å². The van der Waals surface area contributed by atoms with Gasteiger partial charge in [-0.1, -0.05) is 13.8 Å². The Labute approximate surface area is 166 Å². The van der Waals surface area contributed by atoms with Gasteiger partial charge in [0.1, 0.15) is 5.78 Å². The number of amides is 1. The van der Waals surface area contributed by atoms with Gasteiger partial charge < -0.3 is 4.90 Å². The summed E-state index contributed by atoms with van der Waals surface area (Å²) in [5.74, 6) is 0.328. The van der Waals surface area contributed by atoms with Crippen LogP contribution in [0.4, 0.5) is 11.4 Å². The normalized spacial score (nSPS) is 29.0. The summed E-state index contributed by atoms with van der Waals surface area (Å²) in [6, 6.07) is 5.25. The molecule has 28 heavy (non-hydrogen) atoms. The third-order valence-corrected chi connectivity index (χ3v) is 8.83. The smallest absolute Gasteiger partial charge is 0.233 e. The molecular weight excluding hydrogens is 376 g/mol. The van der Waals surface area contributed by atoms with Gasteiger partial charge in [-0.25, -0.2) is 8.42 Å². The molecule has 1 aliphatic heterocycles. The fourth-order valence-electron chi connectivity index (χ4n) is 5.57. The summed E-state index contributed by atoms with van der Waals surface area (Å²) in [4.78, 5) is 26.4. The molecule has 3 fully saturated rings. The lowest BCUT2D eigenvalue weighted by molar-refractivity contribution is -0.128. The van der Waals surface area contributed by atoms with Crippen molar-refractivity contribution in [2.75, 3.05) is 21.9 Å². The lowest BCUT2D eigenvalue weighted by atomic mass is 9.70. The first kappa shape index (κ1) is 19.4. The highest BCUT2D eigenvalue weighted by atomic mass is 32.2. The van der Waals surface area contributed by atoms with Gasteiger partial charge in [-0.15, -0.1) is 0 Å². The summed E-state index contributed by atoms with van der Waals surface area (Å²) in [5, 5.41) is 0. The zero-order valence-electron chi connectivity index (χ0n) is 16.7. The van der Waals surface area contributed by atoms with Crippen molar-refractivity contribution in [3.05, 3.63) is 23.8 Å². The van der Waals surface area contributed by atoms with E-state index in [1.165, 1.54) is 0 Å². The van der Waals surface area contributed by atoms with Gasteiger partial charge in [0.05, 0.1) is 11.2 Å². The molecule has 3 aliphatic rings. The SMILES string of the molecule is Cc1cc(NS(=O)(=O)C[C@]23CC[C@@H](CC2=O)C3(C)C)ccc1N1CCCC1=O. The number of carbonyl (C=O) groups excluding carboxylic acids is 2. The molecule has 2 aliphatic carbocycles. The van der Waals surface area contributed by atoms with E-state index in [1.54, 1.807) is 23.1 Å². The van der Waals surface area contributed by atoms with Crippen LogP contribution in [-0.4, -0.2) is 32.4 Å². The van der Waals surface area contributed by atoms with Crippen LogP contribution in [0, 0.1) is 23.7 Å². The number of nitrogens with zero attached hydrogens (tertiary/aromatic N) is 1. The zero-order valence-corrected chi connectivity index (χ0v) is 17.6. The molecule has 1 aromatic carbocycles. The topological polar surface area (TPSA) is 83.6 Å². The number of Topliss-reactive ketones (excluding diaryl/α,β-unsaturated/α-hetero) is 1. The second kappa shape index (κ2) is 6.31. The van der Waals surface area contributed by atoms with Crippen LogP contribution in [0.3, 0.4) is 0 Å². The van der Waals surface area contributed by atoms with Gasteiger partial charge in [-0.2, -0.15) is 0 Å². The molecule has 1 amide bonds. The van der Waals surface area contributed by atoms with Gasteiger partial charge in [0.2, 0.25) is 15.9 Å². The quantitative estimate of drug-likeness (QED) is 0.816. The summed E-state index contributed by atoms with van der Waals surface area (Å²) in [6.07, 6.45) is 3.48. The van der Waals surface area contributed by atoms with Gasteiger partial charge in [0.25, 0.3) is 0 Å². The molecule has 1 saturated heterocycles. The van der Waals surface area contributed by atoms with Gasteiger partial charge in [0, 0.05) is 30.8 Å². The van der Waals surface area contributed by atoms with E-state index in [2.05, 4.69) is 4.72 Å². The van der Waals surface area contributed by atoms with E-state index < -0.39 is 15.4 Å². The lowest BCUT2D eigenvalue weighted by Crippen LogP contribution is -2.43. The number of carbonyl (C=O) groups is 2. The van der Waals surface area contributed by atoms with E-state index in [0.717, 1.165) is 24.1 Å². The Bertz CT molecular complexity index is 953. The maximum absolute atomic E-state index is 12.9. The fourth-order valence-corrected chi connectivity index (χ4v) is 7.46.